The van der Waals surface area contributed by atoms with E-state index < -0.39 is 0 Å². The minimum atomic E-state index is 0.0204. The summed E-state index contributed by atoms with van der Waals surface area (Å²) in [6, 6.07) is 4.03. The Labute approximate surface area is 118 Å². The second-order valence-corrected chi connectivity index (χ2v) is 6.69. The van der Waals surface area contributed by atoms with Crippen molar-refractivity contribution in [1.29, 1.82) is 0 Å². The first-order valence-electron chi connectivity index (χ1n) is 7.38. The molecule has 0 bridgehead atoms. The topological polar surface area (TPSA) is 57.8 Å². The monoisotopic (exact) mass is 269 g/mol. The molecule has 0 unspecified atom stereocenters. The molecule has 2 aromatic rings. The Morgan fingerprint density at radius 3 is 2.90 bits per heavy atom. The molecule has 1 amide bonds. The highest BCUT2D eigenvalue weighted by molar-refractivity contribution is 6.04. The zero-order chi connectivity index (χ0) is 13.7. The van der Waals surface area contributed by atoms with Crippen LogP contribution >= 0.6 is 0 Å². The lowest BCUT2D eigenvalue weighted by molar-refractivity contribution is -0.0399. The summed E-state index contributed by atoms with van der Waals surface area (Å²) >= 11 is 0. The first-order valence-corrected chi connectivity index (χ1v) is 7.38. The SMILES string of the molecule is CC1CC2(C1)CC(NC(=O)c1ccnc3cc[nH]c13)C2. The highest BCUT2D eigenvalue weighted by Crippen LogP contribution is 2.58. The third-order valence-corrected chi connectivity index (χ3v) is 4.95. The number of hydrogen-bond donors (Lipinski definition) is 2. The van der Waals surface area contributed by atoms with Crippen LogP contribution in [0.3, 0.4) is 0 Å². The molecule has 20 heavy (non-hydrogen) atoms. The number of amides is 1. The standard InChI is InChI=1S/C16H19N3O/c1-10-6-16(7-10)8-11(9-16)19-15(20)12-2-4-17-13-3-5-18-14(12)13/h2-5,10-11,18H,6-9H2,1H3,(H,19,20). The lowest BCUT2D eigenvalue weighted by Crippen LogP contribution is -2.55. The first kappa shape index (κ1) is 11.9. The number of nitrogens with zero attached hydrogens (tertiary/aromatic N) is 1. The molecular weight excluding hydrogens is 250 g/mol. The number of pyridine rings is 1. The van der Waals surface area contributed by atoms with E-state index >= 15 is 0 Å². The number of nitrogens with one attached hydrogen (secondary N) is 2. The maximum Gasteiger partial charge on any atom is 0.253 e. The number of hydrogen-bond acceptors (Lipinski definition) is 2. The fourth-order valence-electron chi connectivity index (χ4n) is 4.25. The number of aromatic amines is 1. The van der Waals surface area contributed by atoms with Crippen LogP contribution in [-0.2, 0) is 0 Å². The Morgan fingerprint density at radius 1 is 1.35 bits per heavy atom. The largest absolute Gasteiger partial charge is 0.359 e. The molecule has 0 aromatic carbocycles. The maximum absolute atomic E-state index is 12.4. The van der Waals surface area contributed by atoms with Crippen LogP contribution in [0, 0.1) is 11.3 Å². The predicted octanol–water partition coefficient (Wildman–Crippen LogP) is 2.87. The van der Waals surface area contributed by atoms with Gasteiger partial charge in [-0.2, -0.15) is 0 Å². The molecule has 2 fully saturated rings. The fourth-order valence-corrected chi connectivity index (χ4v) is 4.25. The Bertz CT molecular complexity index is 661. The van der Waals surface area contributed by atoms with Crippen LogP contribution in [0.5, 0.6) is 0 Å². The van der Waals surface area contributed by atoms with Gasteiger partial charge < -0.3 is 10.3 Å². The summed E-state index contributed by atoms with van der Waals surface area (Å²) in [5, 5.41) is 3.17. The van der Waals surface area contributed by atoms with Crippen LogP contribution in [0.1, 0.15) is 43.0 Å². The second kappa shape index (κ2) is 4.08. The first-order chi connectivity index (χ1) is 9.65. The van der Waals surface area contributed by atoms with Gasteiger partial charge in [0.1, 0.15) is 0 Å². The summed E-state index contributed by atoms with van der Waals surface area (Å²) in [5.74, 6) is 0.900. The van der Waals surface area contributed by atoms with Crippen molar-refractivity contribution in [2.45, 2.75) is 38.6 Å². The van der Waals surface area contributed by atoms with Crippen molar-refractivity contribution < 1.29 is 4.79 Å². The summed E-state index contributed by atoms with van der Waals surface area (Å²) in [6.07, 6.45) is 8.51. The molecule has 2 aliphatic rings. The molecule has 4 rings (SSSR count). The van der Waals surface area contributed by atoms with E-state index in [1.165, 1.54) is 12.8 Å². The lowest BCUT2D eigenvalue weighted by atomic mass is 9.50. The molecule has 2 aromatic heterocycles. The Kier molecular flexibility index (Phi) is 2.43. The molecule has 1 spiro atoms. The number of rotatable bonds is 2. The highest BCUT2D eigenvalue weighted by atomic mass is 16.1. The van der Waals surface area contributed by atoms with Crippen molar-refractivity contribution in [3.63, 3.8) is 0 Å². The average molecular weight is 269 g/mol. The zero-order valence-electron chi connectivity index (χ0n) is 11.6. The zero-order valence-corrected chi connectivity index (χ0v) is 11.6. The predicted molar refractivity (Wildman–Crippen MR) is 77.4 cm³/mol. The Hall–Kier alpha value is -1.84. The molecular formula is C16H19N3O. The highest BCUT2D eigenvalue weighted by Gasteiger charge is 2.51. The van der Waals surface area contributed by atoms with E-state index in [0.717, 1.165) is 29.8 Å². The number of carbonyl (C=O) groups is 1. The van der Waals surface area contributed by atoms with Crippen LogP contribution in [-0.4, -0.2) is 21.9 Å². The summed E-state index contributed by atoms with van der Waals surface area (Å²) in [6.45, 7) is 2.32. The van der Waals surface area contributed by atoms with Crippen molar-refractivity contribution in [1.82, 2.24) is 15.3 Å². The van der Waals surface area contributed by atoms with Crippen LogP contribution in [0.4, 0.5) is 0 Å². The van der Waals surface area contributed by atoms with Gasteiger partial charge in [-0.05, 0) is 49.1 Å². The normalized spacial score (nSPS) is 31.9. The number of carbonyl (C=O) groups excluding carboxylic acids is 1. The smallest absolute Gasteiger partial charge is 0.253 e. The Balaban J connectivity index is 1.45. The van der Waals surface area contributed by atoms with Crippen molar-refractivity contribution in [3.8, 4) is 0 Å². The molecule has 104 valence electrons. The van der Waals surface area contributed by atoms with Gasteiger partial charge in [0.2, 0.25) is 0 Å². The molecule has 2 aliphatic carbocycles. The lowest BCUT2D eigenvalue weighted by Gasteiger charge is -2.57. The third kappa shape index (κ3) is 1.74. The van der Waals surface area contributed by atoms with E-state index in [9.17, 15) is 4.79 Å². The quantitative estimate of drug-likeness (QED) is 0.880. The van der Waals surface area contributed by atoms with Crippen molar-refractivity contribution in [2.24, 2.45) is 11.3 Å². The summed E-state index contributed by atoms with van der Waals surface area (Å²) < 4.78 is 0. The number of aromatic nitrogens is 2. The second-order valence-electron chi connectivity index (χ2n) is 6.69. The molecule has 0 saturated heterocycles. The molecule has 0 radical (unpaired) electrons. The van der Waals surface area contributed by atoms with Gasteiger partial charge in [0.05, 0.1) is 16.6 Å². The van der Waals surface area contributed by atoms with Gasteiger partial charge in [-0.1, -0.05) is 6.92 Å². The molecule has 2 heterocycles. The van der Waals surface area contributed by atoms with Gasteiger partial charge in [-0.3, -0.25) is 9.78 Å². The van der Waals surface area contributed by atoms with Gasteiger partial charge in [-0.25, -0.2) is 0 Å². The molecule has 4 nitrogen and oxygen atoms in total. The van der Waals surface area contributed by atoms with Gasteiger partial charge >= 0.3 is 0 Å². The van der Waals surface area contributed by atoms with E-state index in [4.69, 9.17) is 0 Å². The third-order valence-electron chi connectivity index (χ3n) is 4.95. The maximum atomic E-state index is 12.4. The van der Waals surface area contributed by atoms with E-state index in [1.807, 2.05) is 12.3 Å². The minimum Gasteiger partial charge on any atom is -0.359 e. The van der Waals surface area contributed by atoms with Crippen molar-refractivity contribution in [3.05, 3.63) is 30.1 Å². The van der Waals surface area contributed by atoms with Gasteiger partial charge in [0.15, 0.2) is 0 Å². The molecule has 0 aliphatic heterocycles. The van der Waals surface area contributed by atoms with Crippen LogP contribution in [0.25, 0.3) is 11.0 Å². The van der Waals surface area contributed by atoms with Gasteiger partial charge in [0.25, 0.3) is 5.91 Å². The van der Waals surface area contributed by atoms with E-state index in [2.05, 4.69) is 22.2 Å². The van der Waals surface area contributed by atoms with E-state index in [1.54, 1.807) is 12.3 Å². The van der Waals surface area contributed by atoms with E-state index in [0.29, 0.717) is 17.0 Å². The average Bonchev–Trinajstić information content (AvgIpc) is 2.82. The molecule has 2 saturated carbocycles. The summed E-state index contributed by atoms with van der Waals surface area (Å²) in [7, 11) is 0. The van der Waals surface area contributed by atoms with Crippen LogP contribution in [0.15, 0.2) is 24.5 Å². The molecule has 4 heteroatoms. The number of fused-ring (bicyclic) bond motifs is 1. The van der Waals surface area contributed by atoms with Crippen molar-refractivity contribution >= 4 is 16.9 Å². The van der Waals surface area contributed by atoms with Gasteiger partial charge in [-0.15, -0.1) is 0 Å². The summed E-state index contributed by atoms with van der Waals surface area (Å²) in [5.41, 5.74) is 2.94. The number of H-pyrrole nitrogens is 1. The fraction of sp³-hybridized carbons (Fsp3) is 0.500. The van der Waals surface area contributed by atoms with Crippen LogP contribution < -0.4 is 5.32 Å². The van der Waals surface area contributed by atoms with E-state index in [-0.39, 0.29) is 5.91 Å². The minimum absolute atomic E-state index is 0.0204. The molecule has 2 N–H and O–H groups in total. The molecule has 0 atom stereocenters. The summed E-state index contributed by atoms with van der Waals surface area (Å²) in [4.78, 5) is 19.7. The Morgan fingerprint density at radius 2 is 2.15 bits per heavy atom. The van der Waals surface area contributed by atoms with Crippen LogP contribution in [0.2, 0.25) is 0 Å². The van der Waals surface area contributed by atoms with Crippen molar-refractivity contribution in [2.75, 3.05) is 0 Å². The van der Waals surface area contributed by atoms with Gasteiger partial charge in [0, 0.05) is 18.4 Å².